The third kappa shape index (κ3) is 18.8. The summed E-state index contributed by atoms with van der Waals surface area (Å²) in [6.07, 6.45) is 3.27. The SMILES string of the molecule is CCCCOc1ccccc1OCC(NCCCC(OCC)c1ccc(F)cc1)OC(=O)C(=O)OC(COc1ccccc1OCCCC)NCCCC(OCC)c1ccc(F)cc1. The van der Waals surface area contributed by atoms with Gasteiger partial charge in [-0.05, 0) is 125 Å². The van der Waals surface area contributed by atoms with E-state index in [-0.39, 0.29) is 37.1 Å². The molecule has 0 aromatic heterocycles. The van der Waals surface area contributed by atoms with Crippen LogP contribution in [0.15, 0.2) is 97.1 Å². The van der Waals surface area contributed by atoms with Crippen molar-refractivity contribution in [1.29, 1.82) is 0 Å². The molecule has 2 N–H and O–H groups in total. The van der Waals surface area contributed by atoms with Gasteiger partial charge in [0.05, 0.1) is 25.4 Å². The molecule has 0 spiro atoms. The average Bonchev–Trinajstić information content (AvgIpc) is 3.30. The first-order valence-electron chi connectivity index (χ1n) is 22.6. The lowest BCUT2D eigenvalue weighted by atomic mass is 10.0. The van der Waals surface area contributed by atoms with Gasteiger partial charge in [-0.1, -0.05) is 75.2 Å². The van der Waals surface area contributed by atoms with Gasteiger partial charge in [-0.2, -0.15) is 0 Å². The van der Waals surface area contributed by atoms with E-state index in [4.69, 9.17) is 37.9 Å². The number of ether oxygens (including phenoxy) is 8. The number of halogens is 2. The molecule has 12 nitrogen and oxygen atoms in total. The zero-order chi connectivity index (χ0) is 45.8. The molecule has 0 fully saturated rings. The minimum Gasteiger partial charge on any atom is -0.490 e. The molecule has 4 atom stereocenters. The van der Waals surface area contributed by atoms with E-state index >= 15 is 0 Å². The van der Waals surface area contributed by atoms with Crippen LogP contribution in [-0.4, -0.2) is 77.1 Å². The Kier molecular flexibility index (Phi) is 24.0. The summed E-state index contributed by atoms with van der Waals surface area (Å²) in [5.41, 5.74) is 1.69. The Balaban J connectivity index is 1.45. The van der Waals surface area contributed by atoms with Gasteiger partial charge in [-0.3, -0.25) is 10.6 Å². The van der Waals surface area contributed by atoms with Gasteiger partial charge in [0.2, 0.25) is 0 Å². The molecule has 64 heavy (non-hydrogen) atoms. The summed E-state index contributed by atoms with van der Waals surface area (Å²) >= 11 is 0. The highest BCUT2D eigenvalue weighted by atomic mass is 19.1. The van der Waals surface area contributed by atoms with Crippen molar-refractivity contribution in [2.75, 3.05) is 52.7 Å². The molecule has 0 bridgehead atoms. The number of benzene rings is 4. The molecule has 0 heterocycles. The van der Waals surface area contributed by atoms with Crippen LogP contribution >= 0.6 is 0 Å². The Morgan fingerprint density at radius 2 is 0.859 bits per heavy atom. The second-order valence-corrected chi connectivity index (χ2v) is 14.9. The summed E-state index contributed by atoms with van der Waals surface area (Å²) in [5.74, 6) is -1.17. The summed E-state index contributed by atoms with van der Waals surface area (Å²) in [4.78, 5) is 27.1. The summed E-state index contributed by atoms with van der Waals surface area (Å²) < 4.78 is 74.7. The lowest BCUT2D eigenvalue weighted by Gasteiger charge is -2.23. The van der Waals surface area contributed by atoms with Crippen molar-refractivity contribution in [2.24, 2.45) is 0 Å². The predicted octanol–water partition coefficient (Wildman–Crippen LogP) is 9.81. The molecule has 14 heteroatoms. The first kappa shape index (κ1) is 51.4. The van der Waals surface area contributed by atoms with Gasteiger partial charge in [0.15, 0.2) is 35.5 Å². The predicted molar refractivity (Wildman–Crippen MR) is 240 cm³/mol. The van der Waals surface area contributed by atoms with E-state index in [1.54, 1.807) is 48.5 Å². The fourth-order valence-electron chi connectivity index (χ4n) is 6.54. The standard InChI is InChI=1S/C50H66F2N2O10/c1-5-9-33-59-43-17-11-13-19-45(43)61-35-47(53-31-15-21-41(57-7-3)37-23-27-39(51)28-24-37)63-49(55)50(56)64-48(36-62-46-20-14-12-18-44(46)60-34-10-6-2)54-32-16-22-42(58-8-4)38-25-29-40(52)30-26-38/h11-14,17-20,23-30,41-42,47-48,53-54H,5-10,15-16,21-22,31-36H2,1-4H3. The number of carbonyl (C=O) groups is 2. The van der Waals surface area contributed by atoms with E-state index in [0.29, 0.717) is 88.2 Å². The van der Waals surface area contributed by atoms with Gasteiger partial charge in [0.25, 0.3) is 0 Å². The Morgan fingerprint density at radius 3 is 1.20 bits per heavy atom. The Bertz CT molecular complexity index is 1770. The largest absolute Gasteiger partial charge is 0.490 e. The number of rotatable bonds is 32. The summed E-state index contributed by atoms with van der Waals surface area (Å²) in [5, 5.41) is 6.39. The quantitative estimate of drug-likeness (QED) is 0.0209. The molecule has 0 radical (unpaired) electrons. The highest BCUT2D eigenvalue weighted by molar-refractivity contribution is 6.29. The number of unbranched alkanes of at least 4 members (excludes halogenated alkanes) is 2. The summed E-state index contributed by atoms with van der Waals surface area (Å²) in [7, 11) is 0. The molecule has 4 rings (SSSR count). The fraction of sp³-hybridized carbons (Fsp3) is 0.480. The van der Waals surface area contributed by atoms with Crippen molar-refractivity contribution < 1.29 is 56.3 Å². The minimum absolute atomic E-state index is 0.158. The number of hydrogen-bond acceptors (Lipinski definition) is 12. The molecule has 0 aliphatic carbocycles. The Hall–Kier alpha value is -5.28. The molecule has 4 aromatic rings. The number of hydrogen-bond donors (Lipinski definition) is 2. The zero-order valence-corrected chi connectivity index (χ0v) is 37.7. The van der Waals surface area contributed by atoms with Crippen molar-refractivity contribution in [1.82, 2.24) is 10.6 Å². The van der Waals surface area contributed by atoms with E-state index in [2.05, 4.69) is 24.5 Å². The number of carbonyl (C=O) groups excluding carboxylic acids is 2. The molecule has 0 saturated heterocycles. The molecule has 4 aromatic carbocycles. The average molecular weight is 893 g/mol. The van der Waals surface area contributed by atoms with Crippen molar-refractivity contribution in [3.63, 3.8) is 0 Å². The second kappa shape index (κ2) is 30.0. The lowest BCUT2D eigenvalue weighted by molar-refractivity contribution is -0.177. The topological polar surface area (TPSA) is 132 Å². The van der Waals surface area contributed by atoms with Gasteiger partial charge >= 0.3 is 11.9 Å². The highest BCUT2D eigenvalue weighted by Crippen LogP contribution is 2.29. The molecule has 0 aliphatic rings. The third-order valence-electron chi connectivity index (χ3n) is 9.90. The van der Waals surface area contributed by atoms with Crippen LogP contribution in [0.3, 0.4) is 0 Å². The number of nitrogens with one attached hydrogen (secondary N) is 2. The van der Waals surface area contributed by atoms with Gasteiger partial charge in [-0.15, -0.1) is 0 Å². The van der Waals surface area contributed by atoms with Gasteiger partial charge < -0.3 is 37.9 Å². The van der Waals surface area contributed by atoms with Crippen molar-refractivity contribution in [3.8, 4) is 23.0 Å². The van der Waals surface area contributed by atoms with Crippen molar-refractivity contribution in [2.45, 2.75) is 104 Å². The molecular formula is C50H66F2N2O10. The Labute approximate surface area is 377 Å². The number of para-hydroxylation sites is 4. The van der Waals surface area contributed by atoms with Crippen LogP contribution in [0.25, 0.3) is 0 Å². The zero-order valence-electron chi connectivity index (χ0n) is 37.7. The molecule has 0 amide bonds. The molecular weight excluding hydrogens is 827 g/mol. The van der Waals surface area contributed by atoms with E-state index in [1.807, 2.05) is 38.1 Å². The smallest absolute Gasteiger partial charge is 0.419 e. The molecule has 4 unspecified atom stereocenters. The fourth-order valence-corrected chi connectivity index (χ4v) is 6.54. The van der Waals surface area contributed by atoms with E-state index in [9.17, 15) is 18.4 Å². The molecule has 0 aliphatic heterocycles. The van der Waals surface area contributed by atoms with E-state index in [0.717, 1.165) is 36.8 Å². The second-order valence-electron chi connectivity index (χ2n) is 14.9. The monoisotopic (exact) mass is 892 g/mol. The molecule has 350 valence electrons. The maximum atomic E-state index is 13.6. The Morgan fingerprint density at radius 1 is 0.500 bits per heavy atom. The first-order chi connectivity index (χ1) is 31.2. The van der Waals surface area contributed by atoms with Crippen molar-refractivity contribution in [3.05, 3.63) is 120 Å². The van der Waals surface area contributed by atoms with Gasteiger partial charge in [0.1, 0.15) is 24.8 Å². The lowest BCUT2D eigenvalue weighted by Crippen LogP contribution is -2.44. The van der Waals surface area contributed by atoms with Crippen molar-refractivity contribution >= 4 is 11.9 Å². The van der Waals surface area contributed by atoms with Gasteiger partial charge in [-0.25, -0.2) is 18.4 Å². The van der Waals surface area contributed by atoms with Crippen LogP contribution in [0, 0.1) is 11.6 Å². The van der Waals surface area contributed by atoms with Crippen LogP contribution in [0.1, 0.15) is 102 Å². The normalized spacial score (nSPS) is 13.0. The van der Waals surface area contributed by atoms with Gasteiger partial charge in [0, 0.05) is 13.2 Å². The summed E-state index contributed by atoms with van der Waals surface area (Å²) in [6, 6.07) is 26.8. The van der Waals surface area contributed by atoms with Crippen LogP contribution in [0.2, 0.25) is 0 Å². The van der Waals surface area contributed by atoms with Crippen LogP contribution in [-0.2, 0) is 28.5 Å². The maximum absolute atomic E-state index is 13.6. The van der Waals surface area contributed by atoms with E-state index < -0.39 is 24.4 Å². The van der Waals surface area contributed by atoms with E-state index in [1.165, 1.54) is 24.3 Å². The first-order valence-corrected chi connectivity index (χ1v) is 22.6. The third-order valence-corrected chi connectivity index (χ3v) is 9.90. The minimum atomic E-state index is -1.24. The van der Waals surface area contributed by atoms with Crippen LogP contribution in [0.5, 0.6) is 23.0 Å². The number of esters is 2. The van der Waals surface area contributed by atoms with Crippen LogP contribution < -0.4 is 29.6 Å². The highest BCUT2D eigenvalue weighted by Gasteiger charge is 2.27. The molecule has 0 saturated carbocycles. The maximum Gasteiger partial charge on any atom is 0.419 e. The van der Waals surface area contributed by atoms with Crippen LogP contribution in [0.4, 0.5) is 8.78 Å². The summed E-state index contributed by atoms with van der Waals surface area (Å²) in [6.45, 7) is 10.3.